The fourth-order valence-electron chi connectivity index (χ4n) is 2.58. The average molecular weight is 286 g/mol. The highest BCUT2D eigenvalue weighted by molar-refractivity contribution is 5.98. The number of anilines is 1. The van der Waals surface area contributed by atoms with Crippen LogP contribution in [0.3, 0.4) is 0 Å². The molecule has 110 valence electrons. The largest absolute Gasteiger partial charge is 0.423 e. The molecule has 2 aromatic rings. The summed E-state index contributed by atoms with van der Waals surface area (Å²) in [7, 11) is 0. The van der Waals surface area contributed by atoms with Crippen molar-refractivity contribution in [3.63, 3.8) is 0 Å². The van der Waals surface area contributed by atoms with E-state index >= 15 is 0 Å². The lowest BCUT2D eigenvalue weighted by molar-refractivity contribution is -0.121. The van der Waals surface area contributed by atoms with Crippen LogP contribution in [0, 0.1) is 6.92 Å². The van der Waals surface area contributed by atoms with Crippen LogP contribution in [0.1, 0.15) is 25.3 Å². The summed E-state index contributed by atoms with van der Waals surface area (Å²) in [6.07, 6.45) is 3.18. The number of aryl methyl sites for hydroxylation is 1. The summed E-state index contributed by atoms with van der Waals surface area (Å²) in [5.41, 5.74) is 2.13. The minimum Gasteiger partial charge on any atom is -0.423 e. The average Bonchev–Trinajstić information content (AvgIpc) is 3.13. The van der Waals surface area contributed by atoms with E-state index in [1.807, 2.05) is 32.0 Å². The maximum absolute atomic E-state index is 12.4. The summed E-state index contributed by atoms with van der Waals surface area (Å²) in [4.78, 5) is 12.4. The molecule has 3 rings (SSSR count). The molecule has 1 unspecified atom stereocenters. The van der Waals surface area contributed by atoms with Gasteiger partial charge in [-0.3, -0.25) is 4.79 Å². The molecule has 1 amide bonds. The molecular weight excluding hydrogens is 268 g/mol. The summed E-state index contributed by atoms with van der Waals surface area (Å²) in [6, 6.07) is 5.65. The minimum atomic E-state index is -0.475. The molecule has 2 heterocycles. The minimum absolute atomic E-state index is 0.00800. The lowest BCUT2D eigenvalue weighted by atomic mass is 9.99. The van der Waals surface area contributed by atoms with E-state index in [1.165, 1.54) is 6.39 Å². The highest BCUT2D eigenvalue weighted by Gasteiger charge is 2.35. The number of aromatic nitrogens is 2. The maximum Gasteiger partial charge on any atom is 0.247 e. The molecule has 6 nitrogen and oxygen atoms in total. The van der Waals surface area contributed by atoms with Crippen LogP contribution in [0.2, 0.25) is 0 Å². The molecule has 6 heteroatoms. The van der Waals surface area contributed by atoms with E-state index in [1.54, 1.807) is 0 Å². The molecular formula is C15H18N4O2. The van der Waals surface area contributed by atoms with Gasteiger partial charge in [-0.25, -0.2) is 0 Å². The number of hydrogen-bond acceptors (Lipinski definition) is 5. The van der Waals surface area contributed by atoms with Gasteiger partial charge in [0.2, 0.25) is 18.2 Å². The molecule has 0 saturated carbocycles. The first-order valence-electron chi connectivity index (χ1n) is 7.02. The van der Waals surface area contributed by atoms with Crippen LogP contribution in [-0.2, 0) is 4.79 Å². The first-order valence-corrected chi connectivity index (χ1v) is 7.02. The Morgan fingerprint density at radius 1 is 1.48 bits per heavy atom. The van der Waals surface area contributed by atoms with Crippen LogP contribution < -0.4 is 10.6 Å². The summed E-state index contributed by atoms with van der Waals surface area (Å²) in [6.45, 7) is 4.77. The molecule has 0 spiro atoms. The van der Waals surface area contributed by atoms with Gasteiger partial charge in [-0.05, 0) is 57.0 Å². The lowest BCUT2D eigenvalue weighted by Gasteiger charge is -2.23. The highest BCUT2D eigenvalue weighted by atomic mass is 16.4. The standard InChI is InChI=1S/C15H18N4O2/c1-10-8-11(13-19-17-9-21-13)4-5-12(10)18-14(20)15(2)6-3-7-16-15/h4-5,8-9,16H,3,6-7H2,1-2H3,(H,18,20). The highest BCUT2D eigenvalue weighted by Crippen LogP contribution is 2.25. The second-order valence-electron chi connectivity index (χ2n) is 5.59. The molecule has 0 bridgehead atoms. The van der Waals surface area contributed by atoms with Crippen LogP contribution in [0.5, 0.6) is 0 Å². The van der Waals surface area contributed by atoms with Crippen LogP contribution in [-0.4, -0.2) is 28.2 Å². The number of amides is 1. The first-order chi connectivity index (χ1) is 10.1. The van der Waals surface area contributed by atoms with E-state index in [2.05, 4.69) is 20.8 Å². The molecule has 0 aliphatic carbocycles. The summed E-state index contributed by atoms with van der Waals surface area (Å²) < 4.78 is 5.17. The summed E-state index contributed by atoms with van der Waals surface area (Å²) in [5.74, 6) is 0.481. The Balaban J connectivity index is 1.79. The summed E-state index contributed by atoms with van der Waals surface area (Å²) in [5, 5.41) is 13.8. The zero-order chi connectivity index (χ0) is 14.9. The number of carbonyl (C=O) groups excluding carboxylic acids is 1. The normalized spacial score (nSPS) is 21.4. The fourth-order valence-corrected chi connectivity index (χ4v) is 2.58. The van der Waals surface area contributed by atoms with Gasteiger partial charge in [-0.1, -0.05) is 0 Å². The molecule has 1 fully saturated rings. The number of nitrogens with zero attached hydrogens (tertiary/aromatic N) is 2. The second-order valence-corrected chi connectivity index (χ2v) is 5.59. The van der Waals surface area contributed by atoms with Crippen LogP contribution in [0.25, 0.3) is 11.5 Å². The van der Waals surface area contributed by atoms with Gasteiger partial charge in [-0.15, -0.1) is 10.2 Å². The zero-order valence-electron chi connectivity index (χ0n) is 12.1. The number of rotatable bonds is 3. The maximum atomic E-state index is 12.4. The Hall–Kier alpha value is -2.21. The lowest BCUT2D eigenvalue weighted by Crippen LogP contribution is -2.48. The van der Waals surface area contributed by atoms with E-state index in [-0.39, 0.29) is 5.91 Å². The van der Waals surface area contributed by atoms with Gasteiger partial charge in [-0.2, -0.15) is 0 Å². The molecule has 1 aliphatic heterocycles. The van der Waals surface area contributed by atoms with Crippen LogP contribution in [0.15, 0.2) is 29.0 Å². The van der Waals surface area contributed by atoms with Crippen molar-refractivity contribution in [1.29, 1.82) is 0 Å². The van der Waals surface area contributed by atoms with Gasteiger partial charge in [0.25, 0.3) is 0 Å². The van der Waals surface area contributed by atoms with Gasteiger partial charge < -0.3 is 15.1 Å². The van der Waals surface area contributed by atoms with E-state index in [0.717, 1.165) is 36.2 Å². The first kappa shape index (κ1) is 13.8. The molecule has 1 saturated heterocycles. The van der Waals surface area contributed by atoms with Gasteiger partial charge in [0, 0.05) is 11.3 Å². The van der Waals surface area contributed by atoms with Gasteiger partial charge in [0.15, 0.2) is 0 Å². The van der Waals surface area contributed by atoms with Crippen molar-refractivity contribution >= 4 is 11.6 Å². The van der Waals surface area contributed by atoms with Crippen molar-refractivity contribution in [3.8, 4) is 11.5 Å². The third-order valence-corrected chi connectivity index (χ3v) is 3.95. The third kappa shape index (κ3) is 2.67. The second kappa shape index (κ2) is 5.29. The molecule has 1 aromatic heterocycles. The number of carbonyl (C=O) groups is 1. The Labute approximate surface area is 123 Å². The molecule has 2 N–H and O–H groups in total. The van der Waals surface area contributed by atoms with Crippen LogP contribution >= 0.6 is 0 Å². The van der Waals surface area contributed by atoms with Gasteiger partial charge >= 0.3 is 0 Å². The Morgan fingerprint density at radius 3 is 2.95 bits per heavy atom. The topological polar surface area (TPSA) is 80.1 Å². The van der Waals surface area contributed by atoms with E-state index < -0.39 is 5.54 Å². The number of benzene rings is 1. The van der Waals surface area contributed by atoms with Crippen molar-refractivity contribution in [2.75, 3.05) is 11.9 Å². The molecule has 0 radical (unpaired) electrons. The van der Waals surface area contributed by atoms with E-state index in [0.29, 0.717) is 5.89 Å². The Bertz CT molecular complexity index is 646. The van der Waals surface area contributed by atoms with Gasteiger partial charge in [0.05, 0.1) is 5.54 Å². The van der Waals surface area contributed by atoms with Crippen molar-refractivity contribution in [2.45, 2.75) is 32.2 Å². The molecule has 1 aromatic carbocycles. The predicted octanol–water partition coefficient (Wildman–Crippen LogP) is 2.13. The third-order valence-electron chi connectivity index (χ3n) is 3.95. The van der Waals surface area contributed by atoms with Crippen molar-refractivity contribution in [1.82, 2.24) is 15.5 Å². The van der Waals surface area contributed by atoms with Gasteiger partial charge in [0.1, 0.15) is 0 Å². The van der Waals surface area contributed by atoms with E-state index in [4.69, 9.17) is 4.42 Å². The Morgan fingerprint density at radius 2 is 2.33 bits per heavy atom. The predicted molar refractivity (Wildman–Crippen MR) is 78.7 cm³/mol. The smallest absolute Gasteiger partial charge is 0.247 e. The Kier molecular flexibility index (Phi) is 3.47. The number of hydrogen-bond donors (Lipinski definition) is 2. The zero-order valence-corrected chi connectivity index (χ0v) is 12.1. The molecule has 1 aliphatic rings. The SMILES string of the molecule is Cc1cc(-c2nnco2)ccc1NC(=O)C1(C)CCCN1. The summed E-state index contributed by atoms with van der Waals surface area (Å²) >= 11 is 0. The van der Waals surface area contributed by atoms with Crippen LogP contribution in [0.4, 0.5) is 5.69 Å². The molecule has 1 atom stereocenters. The fraction of sp³-hybridized carbons (Fsp3) is 0.400. The quantitative estimate of drug-likeness (QED) is 0.903. The van der Waals surface area contributed by atoms with Crippen molar-refractivity contribution in [3.05, 3.63) is 30.2 Å². The molecule has 21 heavy (non-hydrogen) atoms. The monoisotopic (exact) mass is 286 g/mol. The van der Waals surface area contributed by atoms with Crippen molar-refractivity contribution in [2.24, 2.45) is 0 Å². The van der Waals surface area contributed by atoms with E-state index in [9.17, 15) is 4.79 Å². The van der Waals surface area contributed by atoms with Crippen molar-refractivity contribution < 1.29 is 9.21 Å². The number of nitrogens with one attached hydrogen (secondary N) is 2.